The average Bonchev–Trinajstić information content (AvgIpc) is 2.35. The number of anilines is 2. The standard InChI is InChI=1S/C12H12FN3O4/c13-6-4-7(14)5(12(19)20)3-9(6)15-8-1-2-10(17)16-11(8)18/h3-4,8,15H,1-2,14H2,(H,19,20)(H,16,17,18). The van der Waals surface area contributed by atoms with Crippen molar-refractivity contribution < 1.29 is 23.9 Å². The SMILES string of the molecule is Nc1cc(F)c(NC2CCC(=O)NC2=O)cc1C(=O)O. The molecule has 2 amide bonds. The van der Waals surface area contributed by atoms with Crippen molar-refractivity contribution in [3.8, 4) is 0 Å². The van der Waals surface area contributed by atoms with Gasteiger partial charge in [-0.25, -0.2) is 9.18 Å². The minimum Gasteiger partial charge on any atom is -0.478 e. The Hall–Kier alpha value is -2.64. The van der Waals surface area contributed by atoms with Crippen LogP contribution in [-0.4, -0.2) is 28.9 Å². The maximum Gasteiger partial charge on any atom is 0.337 e. The zero-order valence-electron chi connectivity index (χ0n) is 10.3. The van der Waals surface area contributed by atoms with Crippen LogP contribution >= 0.6 is 0 Å². The number of hydrogen-bond donors (Lipinski definition) is 4. The van der Waals surface area contributed by atoms with Crippen LogP contribution in [0, 0.1) is 5.82 Å². The fraction of sp³-hybridized carbons (Fsp3) is 0.250. The summed E-state index contributed by atoms with van der Waals surface area (Å²) in [6.07, 6.45) is 0.336. The molecule has 1 aromatic rings. The number of carbonyl (C=O) groups is 3. The molecule has 1 aliphatic heterocycles. The second-order valence-corrected chi connectivity index (χ2v) is 4.37. The molecule has 0 aromatic heterocycles. The van der Waals surface area contributed by atoms with Crippen LogP contribution in [-0.2, 0) is 9.59 Å². The van der Waals surface area contributed by atoms with E-state index in [0.717, 1.165) is 12.1 Å². The van der Waals surface area contributed by atoms with Crippen LogP contribution in [0.5, 0.6) is 0 Å². The van der Waals surface area contributed by atoms with Crippen molar-refractivity contribution >= 4 is 29.2 Å². The molecule has 0 radical (unpaired) electrons. The number of halogens is 1. The number of piperidine rings is 1. The molecule has 1 saturated heterocycles. The first-order chi connectivity index (χ1) is 9.38. The zero-order valence-corrected chi connectivity index (χ0v) is 10.3. The number of nitrogens with two attached hydrogens (primary N) is 1. The maximum atomic E-state index is 13.7. The molecule has 106 valence electrons. The van der Waals surface area contributed by atoms with Crippen LogP contribution in [0.4, 0.5) is 15.8 Å². The molecule has 1 fully saturated rings. The first kappa shape index (κ1) is 13.8. The van der Waals surface area contributed by atoms with Crippen LogP contribution in [0.15, 0.2) is 12.1 Å². The number of amides is 2. The number of rotatable bonds is 3. The van der Waals surface area contributed by atoms with E-state index in [1.165, 1.54) is 0 Å². The Bertz CT molecular complexity index is 603. The molecule has 8 heteroatoms. The minimum absolute atomic E-state index is 0.131. The highest BCUT2D eigenvalue weighted by atomic mass is 19.1. The third-order valence-corrected chi connectivity index (χ3v) is 2.94. The molecule has 7 nitrogen and oxygen atoms in total. The normalized spacial score (nSPS) is 18.6. The summed E-state index contributed by atoms with van der Waals surface area (Å²) in [6, 6.07) is 1.10. The maximum absolute atomic E-state index is 13.7. The van der Waals surface area contributed by atoms with Gasteiger partial charge in [0.1, 0.15) is 11.9 Å². The van der Waals surface area contributed by atoms with Gasteiger partial charge in [-0.3, -0.25) is 14.9 Å². The first-order valence-electron chi connectivity index (χ1n) is 5.81. The lowest BCUT2D eigenvalue weighted by molar-refractivity contribution is -0.133. The van der Waals surface area contributed by atoms with E-state index in [2.05, 4.69) is 10.6 Å². The number of nitrogen functional groups attached to an aromatic ring is 1. The van der Waals surface area contributed by atoms with Gasteiger partial charge in [-0.15, -0.1) is 0 Å². The van der Waals surface area contributed by atoms with Gasteiger partial charge >= 0.3 is 5.97 Å². The molecule has 2 rings (SSSR count). The summed E-state index contributed by atoms with van der Waals surface area (Å²) in [6.45, 7) is 0. The molecule has 0 saturated carbocycles. The fourth-order valence-electron chi connectivity index (χ4n) is 1.90. The van der Waals surface area contributed by atoms with Gasteiger partial charge in [0.15, 0.2) is 0 Å². The third-order valence-electron chi connectivity index (χ3n) is 2.94. The Labute approximate surface area is 112 Å². The van der Waals surface area contributed by atoms with Gasteiger partial charge in [-0.05, 0) is 18.6 Å². The van der Waals surface area contributed by atoms with Gasteiger partial charge in [0, 0.05) is 12.1 Å². The van der Waals surface area contributed by atoms with E-state index in [-0.39, 0.29) is 29.8 Å². The highest BCUT2D eigenvalue weighted by Crippen LogP contribution is 2.24. The monoisotopic (exact) mass is 281 g/mol. The van der Waals surface area contributed by atoms with Crippen LogP contribution < -0.4 is 16.4 Å². The smallest absolute Gasteiger partial charge is 0.337 e. The number of aromatic carboxylic acids is 1. The van der Waals surface area contributed by atoms with Crippen molar-refractivity contribution in [2.24, 2.45) is 0 Å². The van der Waals surface area contributed by atoms with E-state index in [0.29, 0.717) is 0 Å². The first-order valence-corrected chi connectivity index (χ1v) is 5.81. The van der Waals surface area contributed by atoms with Crippen molar-refractivity contribution in [1.82, 2.24) is 5.32 Å². The summed E-state index contributed by atoms with van der Waals surface area (Å²) in [5.74, 6) is -3.03. The van der Waals surface area contributed by atoms with Gasteiger partial charge in [-0.2, -0.15) is 0 Å². The Morgan fingerprint density at radius 1 is 1.45 bits per heavy atom. The fourth-order valence-corrected chi connectivity index (χ4v) is 1.90. The number of nitrogens with one attached hydrogen (secondary N) is 2. The Morgan fingerprint density at radius 3 is 2.75 bits per heavy atom. The van der Waals surface area contributed by atoms with Gasteiger partial charge in [0.2, 0.25) is 11.8 Å². The number of hydrogen-bond acceptors (Lipinski definition) is 5. The molecule has 20 heavy (non-hydrogen) atoms. The average molecular weight is 281 g/mol. The van der Waals surface area contributed by atoms with Gasteiger partial charge in [-0.1, -0.05) is 0 Å². The van der Waals surface area contributed by atoms with Crippen LogP contribution in [0.2, 0.25) is 0 Å². The topological polar surface area (TPSA) is 122 Å². The van der Waals surface area contributed by atoms with E-state index < -0.39 is 29.6 Å². The predicted molar refractivity (Wildman–Crippen MR) is 67.6 cm³/mol. The largest absolute Gasteiger partial charge is 0.478 e. The van der Waals surface area contributed by atoms with Crippen molar-refractivity contribution in [3.05, 3.63) is 23.5 Å². The van der Waals surface area contributed by atoms with E-state index in [1.54, 1.807) is 0 Å². The van der Waals surface area contributed by atoms with Crippen molar-refractivity contribution in [3.63, 3.8) is 0 Å². The molecule has 0 aliphatic carbocycles. The molecule has 1 heterocycles. The number of benzene rings is 1. The van der Waals surface area contributed by atoms with Crippen molar-refractivity contribution in [1.29, 1.82) is 0 Å². The highest BCUT2D eigenvalue weighted by molar-refractivity contribution is 6.01. The quantitative estimate of drug-likeness (QED) is 0.467. The van der Waals surface area contributed by atoms with Gasteiger partial charge in [0.05, 0.1) is 11.3 Å². The lowest BCUT2D eigenvalue weighted by Gasteiger charge is -2.23. The summed E-state index contributed by atoms with van der Waals surface area (Å²) in [4.78, 5) is 33.5. The number of carbonyl (C=O) groups excluding carboxylic acids is 2. The molecule has 5 N–H and O–H groups in total. The Morgan fingerprint density at radius 2 is 2.15 bits per heavy atom. The Kier molecular flexibility index (Phi) is 3.55. The predicted octanol–water partition coefficient (Wildman–Crippen LogP) is 0.323. The molecule has 1 aromatic carbocycles. The molecule has 1 atom stereocenters. The summed E-state index contributed by atoms with van der Waals surface area (Å²) in [5.41, 5.74) is 4.78. The Balaban J connectivity index is 2.25. The second-order valence-electron chi connectivity index (χ2n) is 4.37. The number of carboxylic acid groups (broad SMARTS) is 1. The van der Waals surface area contributed by atoms with Crippen LogP contribution in [0.25, 0.3) is 0 Å². The third kappa shape index (κ3) is 2.68. The van der Waals surface area contributed by atoms with E-state index in [9.17, 15) is 18.8 Å². The summed E-state index contributed by atoms with van der Waals surface area (Å²) in [7, 11) is 0. The van der Waals surface area contributed by atoms with Crippen LogP contribution in [0.1, 0.15) is 23.2 Å². The van der Waals surface area contributed by atoms with Gasteiger partial charge < -0.3 is 16.2 Å². The van der Waals surface area contributed by atoms with E-state index >= 15 is 0 Å². The van der Waals surface area contributed by atoms with E-state index in [1.807, 2.05) is 0 Å². The summed E-state index contributed by atoms with van der Waals surface area (Å²) < 4.78 is 13.7. The van der Waals surface area contributed by atoms with Crippen molar-refractivity contribution in [2.45, 2.75) is 18.9 Å². The lowest BCUT2D eigenvalue weighted by atomic mass is 10.0. The molecule has 0 bridgehead atoms. The lowest BCUT2D eigenvalue weighted by Crippen LogP contribution is -2.47. The molecule has 1 unspecified atom stereocenters. The number of imide groups is 1. The second kappa shape index (κ2) is 5.16. The number of carboxylic acids is 1. The van der Waals surface area contributed by atoms with E-state index in [4.69, 9.17) is 10.8 Å². The molecule has 1 aliphatic rings. The molecular weight excluding hydrogens is 269 g/mol. The molecular formula is C12H12FN3O4. The van der Waals surface area contributed by atoms with Gasteiger partial charge in [0.25, 0.3) is 0 Å². The molecule has 0 spiro atoms. The van der Waals surface area contributed by atoms with Crippen molar-refractivity contribution in [2.75, 3.05) is 11.1 Å². The highest BCUT2D eigenvalue weighted by Gasteiger charge is 2.27. The van der Waals surface area contributed by atoms with Crippen LogP contribution in [0.3, 0.4) is 0 Å². The summed E-state index contributed by atoms with van der Waals surface area (Å²) in [5, 5.41) is 13.6. The minimum atomic E-state index is -1.30. The zero-order chi connectivity index (χ0) is 14.9. The summed E-state index contributed by atoms with van der Waals surface area (Å²) >= 11 is 0.